The molecule has 0 aliphatic carbocycles. The highest BCUT2D eigenvalue weighted by Crippen LogP contribution is 2.16. The van der Waals surface area contributed by atoms with E-state index in [1.54, 1.807) is 0 Å². The Morgan fingerprint density at radius 3 is 2.11 bits per heavy atom. The summed E-state index contributed by atoms with van der Waals surface area (Å²) in [5.41, 5.74) is 10.6. The maximum absolute atomic E-state index is 11.1. The maximum atomic E-state index is 11.1. The molecule has 0 unspecified atom stereocenters. The van der Waals surface area contributed by atoms with E-state index in [0.717, 1.165) is 11.1 Å². The van der Waals surface area contributed by atoms with E-state index in [2.05, 4.69) is 10.0 Å². The summed E-state index contributed by atoms with van der Waals surface area (Å²) in [6.07, 6.45) is -3.77. The molecule has 2 N–H and O–H groups in total. The number of azide groups is 1. The number of aliphatic hydroxyl groups excluding tert-OH is 2. The molecule has 0 heterocycles. The fraction of sp³-hybridized carbons (Fsp3) is 0.350. The van der Waals surface area contributed by atoms with Gasteiger partial charge in [-0.25, -0.2) is 0 Å². The van der Waals surface area contributed by atoms with Crippen LogP contribution in [-0.2, 0) is 27.5 Å². The van der Waals surface area contributed by atoms with Crippen LogP contribution in [0.3, 0.4) is 0 Å². The first-order chi connectivity index (χ1) is 13.7. The van der Waals surface area contributed by atoms with Gasteiger partial charge < -0.3 is 24.5 Å². The highest BCUT2D eigenvalue weighted by Gasteiger charge is 2.34. The number of hydrogen-bond donors (Lipinski definition) is 2. The smallest absolute Gasteiger partial charge is 0.151 e. The second-order valence-corrected chi connectivity index (χ2v) is 6.15. The maximum Gasteiger partial charge on any atom is 0.151 e. The van der Waals surface area contributed by atoms with Gasteiger partial charge in [0.05, 0.1) is 32.0 Å². The Hall–Kier alpha value is -2.74. The summed E-state index contributed by atoms with van der Waals surface area (Å²) < 4.78 is 11.1. The number of benzene rings is 2. The van der Waals surface area contributed by atoms with Crippen molar-refractivity contribution in [1.29, 1.82) is 0 Å². The SMILES string of the molecule is [N-]=[N+]=N[C@H]([C@H](OCc1ccccc1)[C@@H](O)C=O)[C@H](O)COCc1ccccc1. The summed E-state index contributed by atoms with van der Waals surface area (Å²) >= 11 is 0. The molecule has 0 saturated heterocycles. The lowest BCUT2D eigenvalue weighted by Gasteiger charge is -2.29. The molecule has 0 aliphatic heterocycles. The predicted molar refractivity (Wildman–Crippen MR) is 102 cm³/mol. The van der Waals surface area contributed by atoms with Gasteiger partial charge in [0.25, 0.3) is 0 Å². The predicted octanol–water partition coefficient (Wildman–Crippen LogP) is 2.39. The minimum atomic E-state index is -1.57. The summed E-state index contributed by atoms with van der Waals surface area (Å²) in [6, 6.07) is 17.3. The van der Waals surface area contributed by atoms with E-state index in [1.807, 2.05) is 60.7 Å². The first-order valence-electron chi connectivity index (χ1n) is 8.78. The number of aldehydes is 1. The van der Waals surface area contributed by atoms with Crippen LogP contribution in [0.5, 0.6) is 0 Å². The van der Waals surface area contributed by atoms with Crippen molar-refractivity contribution in [2.45, 2.75) is 37.6 Å². The van der Waals surface area contributed by atoms with Gasteiger partial charge in [-0.1, -0.05) is 65.8 Å². The van der Waals surface area contributed by atoms with Crippen LogP contribution in [0.25, 0.3) is 10.4 Å². The molecule has 8 nitrogen and oxygen atoms in total. The molecule has 2 aromatic rings. The minimum Gasteiger partial charge on any atom is -0.390 e. The second kappa shape index (κ2) is 11.9. The normalized spacial score (nSPS) is 15.1. The van der Waals surface area contributed by atoms with Gasteiger partial charge >= 0.3 is 0 Å². The number of ether oxygens (including phenoxy) is 2. The van der Waals surface area contributed by atoms with Crippen LogP contribution in [0.2, 0.25) is 0 Å². The average Bonchev–Trinajstić information content (AvgIpc) is 2.74. The third kappa shape index (κ3) is 6.77. The van der Waals surface area contributed by atoms with Gasteiger partial charge in [0.1, 0.15) is 12.2 Å². The molecule has 0 fully saturated rings. The molecular weight excluding hydrogens is 362 g/mol. The fourth-order valence-corrected chi connectivity index (χ4v) is 2.63. The van der Waals surface area contributed by atoms with E-state index in [4.69, 9.17) is 15.0 Å². The van der Waals surface area contributed by atoms with Crippen LogP contribution < -0.4 is 0 Å². The monoisotopic (exact) mass is 385 g/mol. The largest absolute Gasteiger partial charge is 0.390 e. The zero-order chi connectivity index (χ0) is 20.2. The van der Waals surface area contributed by atoms with Gasteiger partial charge in [-0.2, -0.15) is 0 Å². The lowest BCUT2D eigenvalue weighted by Crippen LogP contribution is -2.47. The molecule has 2 rings (SSSR count). The minimum absolute atomic E-state index is 0.0748. The Morgan fingerprint density at radius 2 is 1.57 bits per heavy atom. The molecule has 0 aliphatic rings. The van der Waals surface area contributed by atoms with Gasteiger partial charge in [0.15, 0.2) is 6.29 Å². The zero-order valence-electron chi connectivity index (χ0n) is 15.2. The summed E-state index contributed by atoms with van der Waals surface area (Å²) in [6.45, 7) is 0.174. The summed E-state index contributed by atoms with van der Waals surface area (Å²) in [5.74, 6) is 0. The molecule has 28 heavy (non-hydrogen) atoms. The van der Waals surface area contributed by atoms with Crippen LogP contribution in [0.1, 0.15) is 11.1 Å². The van der Waals surface area contributed by atoms with Crippen molar-refractivity contribution >= 4 is 6.29 Å². The highest BCUT2D eigenvalue weighted by molar-refractivity contribution is 5.57. The molecule has 8 heteroatoms. The van der Waals surface area contributed by atoms with Crippen molar-refractivity contribution in [2.24, 2.45) is 5.11 Å². The summed E-state index contributed by atoms with van der Waals surface area (Å²) in [5, 5.41) is 24.0. The molecule has 148 valence electrons. The Morgan fingerprint density at radius 1 is 1.00 bits per heavy atom. The first kappa shape index (κ1) is 21.6. The van der Waals surface area contributed by atoms with E-state index in [0.29, 0.717) is 0 Å². The number of hydrogen-bond acceptors (Lipinski definition) is 6. The Kier molecular flexibility index (Phi) is 9.14. The molecule has 0 bridgehead atoms. The van der Waals surface area contributed by atoms with Crippen LogP contribution >= 0.6 is 0 Å². The van der Waals surface area contributed by atoms with E-state index >= 15 is 0 Å². The Balaban J connectivity index is 2.02. The molecule has 0 radical (unpaired) electrons. The van der Waals surface area contributed by atoms with E-state index in [1.165, 1.54) is 0 Å². The number of nitrogens with zero attached hydrogens (tertiary/aromatic N) is 3. The molecule has 0 saturated carbocycles. The molecule has 0 aromatic heterocycles. The van der Waals surface area contributed by atoms with Crippen molar-refractivity contribution in [3.05, 3.63) is 82.2 Å². The van der Waals surface area contributed by atoms with Crippen LogP contribution in [-0.4, -0.2) is 47.5 Å². The van der Waals surface area contributed by atoms with Crippen LogP contribution in [0, 0.1) is 0 Å². The molecule has 2 aromatic carbocycles. The van der Waals surface area contributed by atoms with E-state index < -0.39 is 24.4 Å². The van der Waals surface area contributed by atoms with Gasteiger partial charge in [-0.15, -0.1) is 0 Å². The highest BCUT2D eigenvalue weighted by atomic mass is 16.5. The Labute approximate surface area is 163 Å². The second-order valence-electron chi connectivity index (χ2n) is 6.15. The lowest BCUT2D eigenvalue weighted by molar-refractivity contribution is -0.130. The van der Waals surface area contributed by atoms with Crippen molar-refractivity contribution in [3.8, 4) is 0 Å². The van der Waals surface area contributed by atoms with Crippen molar-refractivity contribution in [3.63, 3.8) is 0 Å². The first-order valence-corrected chi connectivity index (χ1v) is 8.78. The molecule has 0 spiro atoms. The van der Waals surface area contributed by atoms with Gasteiger partial charge in [0, 0.05) is 4.91 Å². The molecule has 4 atom stereocenters. The molecular formula is C20H23N3O5. The van der Waals surface area contributed by atoms with Crippen molar-refractivity contribution in [1.82, 2.24) is 0 Å². The van der Waals surface area contributed by atoms with Crippen LogP contribution in [0.15, 0.2) is 65.8 Å². The van der Waals surface area contributed by atoms with Crippen molar-refractivity contribution in [2.75, 3.05) is 6.61 Å². The summed E-state index contributed by atoms with van der Waals surface area (Å²) in [4.78, 5) is 13.8. The van der Waals surface area contributed by atoms with Gasteiger partial charge in [-0.05, 0) is 16.7 Å². The number of carbonyl (C=O) groups excluding carboxylic acids is 1. The van der Waals surface area contributed by atoms with Crippen LogP contribution in [0.4, 0.5) is 0 Å². The van der Waals surface area contributed by atoms with E-state index in [-0.39, 0.29) is 26.1 Å². The zero-order valence-corrected chi connectivity index (χ0v) is 15.2. The van der Waals surface area contributed by atoms with Gasteiger partial charge in [-0.3, -0.25) is 0 Å². The number of rotatable bonds is 12. The topological polar surface area (TPSA) is 125 Å². The quantitative estimate of drug-likeness (QED) is 0.251. The lowest BCUT2D eigenvalue weighted by atomic mass is 10.0. The standard InChI is InChI=1S/C20H23N3O5/c21-23-22-19(18(26)14-27-12-15-7-3-1-4-8-15)20(17(25)11-24)28-13-16-9-5-2-6-10-16/h1-11,17-20,25-26H,12-14H2/t17-,18+,19-,20+/m0/s1. The third-order valence-corrected chi connectivity index (χ3v) is 4.08. The fourth-order valence-electron chi connectivity index (χ4n) is 2.63. The number of aliphatic hydroxyl groups is 2. The molecule has 0 amide bonds. The van der Waals surface area contributed by atoms with Crippen molar-refractivity contribution < 1.29 is 24.5 Å². The average molecular weight is 385 g/mol. The number of carbonyl (C=O) groups is 1. The van der Waals surface area contributed by atoms with E-state index in [9.17, 15) is 15.0 Å². The Bertz CT molecular complexity index is 753. The van der Waals surface area contributed by atoms with Gasteiger partial charge in [0.2, 0.25) is 0 Å². The third-order valence-electron chi connectivity index (χ3n) is 4.08. The summed E-state index contributed by atoms with van der Waals surface area (Å²) in [7, 11) is 0.